The number of anilines is 4. The van der Waals surface area contributed by atoms with Crippen molar-refractivity contribution in [2.75, 3.05) is 41.7 Å². The van der Waals surface area contributed by atoms with Gasteiger partial charge in [-0.25, -0.2) is 4.98 Å². The van der Waals surface area contributed by atoms with Gasteiger partial charge in [0.05, 0.1) is 12.3 Å². The minimum Gasteiger partial charge on any atom is -0.389 e. The number of nitrogens with one attached hydrogen (secondary N) is 2. The van der Waals surface area contributed by atoms with Crippen molar-refractivity contribution < 1.29 is 9.90 Å². The van der Waals surface area contributed by atoms with E-state index in [4.69, 9.17) is 16.9 Å². The van der Waals surface area contributed by atoms with Crippen molar-refractivity contribution in [1.29, 1.82) is 5.26 Å². The number of carbonyl (C=O) groups excluding carboxylic acids is 1. The molecule has 15 heteroatoms. The second kappa shape index (κ2) is 10.3. The first-order chi connectivity index (χ1) is 19.0. The van der Waals surface area contributed by atoms with Crippen LogP contribution in [0.15, 0.2) is 36.7 Å². The monoisotopic (exact) mass is 546 g/mol. The Morgan fingerprint density at radius 2 is 1.95 bits per heavy atom. The summed E-state index contributed by atoms with van der Waals surface area (Å²) in [6, 6.07) is 9.12. The lowest BCUT2D eigenvalue weighted by Crippen LogP contribution is -2.53. The summed E-state index contributed by atoms with van der Waals surface area (Å²) in [6.45, 7) is 2.13. The zero-order chi connectivity index (χ0) is 26.9. The van der Waals surface area contributed by atoms with Gasteiger partial charge in [0, 0.05) is 50.2 Å². The summed E-state index contributed by atoms with van der Waals surface area (Å²) >= 11 is 6.39. The van der Waals surface area contributed by atoms with Crippen molar-refractivity contribution in [3.63, 3.8) is 0 Å². The molecule has 0 bridgehead atoms. The van der Waals surface area contributed by atoms with E-state index in [0.717, 1.165) is 31.7 Å². The van der Waals surface area contributed by atoms with Crippen molar-refractivity contribution >= 4 is 46.4 Å². The van der Waals surface area contributed by atoms with Gasteiger partial charge >= 0.3 is 0 Å². The molecule has 2 aliphatic rings. The number of aromatic nitrogens is 7. The SMILES string of the molecule is N#Cc1ccc(N2CCC(Nc3nc(Nc4ccn5c(C(=O)N6CC(O)C6)nnc5c4)ncc3Cl)CC2)nn1. The molecule has 6 rings (SSSR count). The maximum atomic E-state index is 12.6. The van der Waals surface area contributed by atoms with Crippen LogP contribution in [0.25, 0.3) is 5.65 Å². The molecule has 1 amide bonds. The van der Waals surface area contributed by atoms with Gasteiger partial charge in [0.1, 0.15) is 11.1 Å². The molecule has 39 heavy (non-hydrogen) atoms. The second-order valence-electron chi connectivity index (χ2n) is 9.34. The highest BCUT2D eigenvalue weighted by Gasteiger charge is 2.32. The maximum Gasteiger partial charge on any atom is 0.292 e. The quantitative estimate of drug-likeness (QED) is 0.318. The predicted octanol–water partition coefficient (Wildman–Crippen LogP) is 1.48. The van der Waals surface area contributed by atoms with Gasteiger partial charge in [0.15, 0.2) is 23.0 Å². The number of aliphatic hydroxyl groups is 1. The Morgan fingerprint density at radius 1 is 1.13 bits per heavy atom. The lowest BCUT2D eigenvalue weighted by atomic mass is 10.1. The highest BCUT2D eigenvalue weighted by atomic mass is 35.5. The Morgan fingerprint density at radius 3 is 2.67 bits per heavy atom. The largest absolute Gasteiger partial charge is 0.389 e. The van der Waals surface area contributed by atoms with Crippen LogP contribution in [-0.2, 0) is 0 Å². The molecule has 2 saturated heterocycles. The van der Waals surface area contributed by atoms with E-state index >= 15 is 0 Å². The number of fused-ring (bicyclic) bond motifs is 1. The molecule has 0 aromatic carbocycles. The molecule has 0 atom stereocenters. The zero-order valence-corrected chi connectivity index (χ0v) is 21.3. The normalized spacial score (nSPS) is 16.1. The molecule has 198 valence electrons. The van der Waals surface area contributed by atoms with Gasteiger partial charge in [0.25, 0.3) is 5.91 Å². The Hall–Kier alpha value is -4.61. The van der Waals surface area contributed by atoms with E-state index in [9.17, 15) is 9.90 Å². The van der Waals surface area contributed by atoms with E-state index in [-0.39, 0.29) is 17.8 Å². The molecule has 0 saturated carbocycles. The van der Waals surface area contributed by atoms with Crippen LogP contribution >= 0.6 is 11.6 Å². The third kappa shape index (κ3) is 5.09. The lowest BCUT2D eigenvalue weighted by molar-refractivity contribution is 0.00499. The van der Waals surface area contributed by atoms with Gasteiger partial charge in [-0.15, -0.1) is 20.4 Å². The molecule has 4 aromatic rings. The van der Waals surface area contributed by atoms with Gasteiger partial charge in [-0.1, -0.05) is 11.6 Å². The average Bonchev–Trinajstić information content (AvgIpc) is 3.36. The Bertz CT molecular complexity index is 1560. The second-order valence-corrected chi connectivity index (χ2v) is 9.75. The molecular formula is C24H23ClN12O2. The van der Waals surface area contributed by atoms with Crippen molar-refractivity contribution in [3.8, 4) is 6.07 Å². The summed E-state index contributed by atoms with van der Waals surface area (Å²) in [5, 5.41) is 41.5. The number of rotatable bonds is 6. The summed E-state index contributed by atoms with van der Waals surface area (Å²) < 4.78 is 1.60. The highest BCUT2D eigenvalue weighted by molar-refractivity contribution is 6.32. The van der Waals surface area contributed by atoms with Gasteiger partial charge in [0.2, 0.25) is 11.8 Å². The summed E-state index contributed by atoms with van der Waals surface area (Å²) in [4.78, 5) is 25.1. The maximum absolute atomic E-state index is 12.6. The first-order valence-electron chi connectivity index (χ1n) is 12.3. The molecule has 0 aliphatic carbocycles. The van der Waals surface area contributed by atoms with Crippen LogP contribution in [0.3, 0.4) is 0 Å². The Balaban J connectivity index is 1.10. The zero-order valence-electron chi connectivity index (χ0n) is 20.6. The Kier molecular flexibility index (Phi) is 6.51. The number of amides is 1. The van der Waals surface area contributed by atoms with E-state index in [2.05, 4.69) is 45.9 Å². The number of halogens is 1. The summed E-state index contributed by atoms with van der Waals surface area (Å²) in [7, 11) is 0. The molecule has 3 N–H and O–H groups in total. The van der Waals surface area contributed by atoms with Crippen molar-refractivity contribution in [3.05, 3.63) is 53.2 Å². The molecule has 2 fully saturated rings. The fourth-order valence-electron chi connectivity index (χ4n) is 4.53. The third-order valence-corrected chi connectivity index (χ3v) is 6.95. The number of piperidine rings is 1. The standard InChI is InChI=1S/C24H23ClN12O2/c25-18-11-27-24(29-15-5-8-37-20(9-15)33-34-22(37)23(39)36-12-17(38)13-36)30-21(18)28-14-3-6-35(7-4-14)19-2-1-16(10-26)31-32-19/h1-2,5,8-9,11,14,17,38H,3-4,6-7,12-13H2,(H2,27,28,29,30). The molecule has 4 aromatic heterocycles. The lowest BCUT2D eigenvalue weighted by Gasteiger charge is -2.35. The first-order valence-corrected chi connectivity index (χ1v) is 12.7. The average molecular weight is 547 g/mol. The van der Waals surface area contributed by atoms with Gasteiger partial charge in [-0.2, -0.15) is 10.2 Å². The van der Waals surface area contributed by atoms with E-state index < -0.39 is 6.10 Å². The molecule has 0 spiro atoms. The van der Waals surface area contributed by atoms with Crippen molar-refractivity contribution in [2.45, 2.75) is 25.0 Å². The van der Waals surface area contributed by atoms with Crippen molar-refractivity contribution in [1.82, 2.24) is 39.7 Å². The molecular weight excluding hydrogens is 524 g/mol. The minimum atomic E-state index is -0.487. The van der Waals surface area contributed by atoms with Crippen LogP contribution < -0.4 is 15.5 Å². The summed E-state index contributed by atoms with van der Waals surface area (Å²) in [5.74, 6) is 1.54. The number of nitriles is 1. The van der Waals surface area contributed by atoms with Crippen molar-refractivity contribution in [2.24, 2.45) is 0 Å². The number of aliphatic hydroxyl groups excluding tert-OH is 1. The molecule has 2 aliphatic heterocycles. The highest BCUT2D eigenvalue weighted by Crippen LogP contribution is 2.26. The number of β-amino-alcohol motifs (C(OH)–C–C–N with tert-alkyl or cyclic N) is 1. The van der Waals surface area contributed by atoms with E-state index in [1.54, 1.807) is 28.8 Å². The number of nitrogens with zero attached hydrogens (tertiary/aromatic N) is 10. The molecule has 0 unspecified atom stereocenters. The summed E-state index contributed by atoms with van der Waals surface area (Å²) in [6.07, 6.45) is 4.42. The van der Waals surface area contributed by atoms with E-state index in [0.29, 0.717) is 46.9 Å². The number of pyridine rings is 1. The van der Waals surface area contributed by atoms with Crippen LogP contribution in [0.2, 0.25) is 5.02 Å². The van der Waals surface area contributed by atoms with Crippen LogP contribution in [0.1, 0.15) is 29.2 Å². The van der Waals surface area contributed by atoms with E-state index in [1.165, 1.54) is 11.1 Å². The van der Waals surface area contributed by atoms with Crippen LogP contribution in [0.5, 0.6) is 0 Å². The number of carbonyl (C=O) groups is 1. The Labute approximate surface area is 227 Å². The topological polar surface area (TPSA) is 173 Å². The molecule has 6 heterocycles. The van der Waals surface area contributed by atoms with Gasteiger partial charge in [-0.3, -0.25) is 9.20 Å². The minimum absolute atomic E-state index is 0.156. The van der Waals surface area contributed by atoms with Crippen LogP contribution in [0.4, 0.5) is 23.3 Å². The van der Waals surface area contributed by atoms with Gasteiger partial charge < -0.3 is 25.5 Å². The first kappa shape index (κ1) is 24.7. The smallest absolute Gasteiger partial charge is 0.292 e. The third-order valence-electron chi connectivity index (χ3n) is 6.68. The predicted molar refractivity (Wildman–Crippen MR) is 141 cm³/mol. The molecule has 0 radical (unpaired) electrons. The van der Waals surface area contributed by atoms with Crippen LogP contribution in [0, 0.1) is 11.3 Å². The fourth-order valence-corrected chi connectivity index (χ4v) is 4.68. The number of hydrogen-bond acceptors (Lipinski definition) is 12. The summed E-state index contributed by atoms with van der Waals surface area (Å²) in [5.41, 5.74) is 1.44. The number of hydrogen-bond donors (Lipinski definition) is 3. The van der Waals surface area contributed by atoms with E-state index in [1.807, 2.05) is 12.1 Å². The fraction of sp³-hybridized carbons (Fsp3) is 0.333. The number of likely N-dealkylation sites (tertiary alicyclic amines) is 1. The van der Waals surface area contributed by atoms with Crippen LogP contribution in [-0.4, -0.2) is 89.0 Å². The molecule has 14 nitrogen and oxygen atoms in total. The van der Waals surface area contributed by atoms with Gasteiger partial charge in [-0.05, 0) is 31.0 Å².